The molecule has 0 amide bonds. The van der Waals surface area contributed by atoms with Crippen molar-refractivity contribution in [2.75, 3.05) is 11.1 Å². The predicted molar refractivity (Wildman–Crippen MR) is 91.1 cm³/mol. The van der Waals surface area contributed by atoms with Gasteiger partial charge in [-0.2, -0.15) is 0 Å². The highest BCUT2D eigenvalue weighted by Gasteiger charge is 2.23. The molecule has 1 atom stereocenters. The number of hydrogen-bond donors (Lipinski definition) is 2. The first-order valence-corrected chi connectivity index (χ1v) is 7.82. The maximum Gasteiger partial charge on any atom is 0.109 e. The van der Waals surface area contributed by atoms with Crippen LogP contribution >= 0.6 is 11.8 Å². The van der Waals surface area contributed by atoms with E-state index >= 15 is 0 Å². The zero-order chi connectivity index (χ0) is 15.4. The highest BCUT2D eigenvalue weighted by molar-refractivity contribution is 8.00. The van der Waals surface area contributed by atoms with Crippen molar-refractivity contribution in [2.45, 2.75) is 31.0 Å². The molecule has 2 aromatic carbocycles. The maximum absolute atomic E-state index is 10.5. The molecular weight excluding hydrogens is 282 g/mol. The number of benzene rings is 2. The van der Waals surface area contributed by atoms with Crippen LogP contribution in [0.1, 0.15) is 30.3 Å². The van der Waals surface area contributed by atoms with Gasteiger partial charge >= 0.3 is 0 Å². The van der Waals surface area contributed by atoms with Crippen LogP contribution in [0, 0.1) is 11.8 Å². The van der Waals surface area contributed by atoms with Crippen molar-refractivity contribution < 1.29 is 0 Å². The van der Waals surface area contributed by atoms with Crippen molar-refractivity contribution in [2.24, 2.45) is 5.18 Å². The third kappa shape index (κ3) is 3.19. The van der Waals surface area contributed by atoms with E-state index in [9.17, 15) is 4.91 Å². The summed E-state index contributed by atoms with van der Waals surface area (Å²) in [5.74, 6) is 0. The predicted octanol–water partition coefficient (Wildman–Crippen LogP) is 5.22. The first kappa shape index (κ1) is 15.4. The molecule has 0 spiro atoms. The van der Waals surface area contributed by atoms with Crippen molar-refractivity contribution in [3.05, 3.63) is 52.4 Å². The lowest BCUT2D eigenvalue weighted by Crippen LogP contribution is -2.02. The van der Waals surface area contributed by atoms with E-state index in [1.54, 1.807) is 17.8 Å². The molecule has 0 saturated carbocycles. The minimum Gasteiger partial charge on any atom is -0.399 e. The van der Waals surface area contributed by atoms with Gasteiger partial charge in [-0.05, 0) is 47.5 Å². The number of nitroso groups, excluding NO2 is 1. The van der Waals surface area contributed by atoms with E-state index in [1.807, 2.05) is 45.0 Å². The first-order chi connectivity index (χ1) is 10.2. The van der Waals surface area contributed by atoms with Crippen LogP contribution in [0.5, 0.6) is 0 Å². The van der Waals surface area contributed by atoms with Gasteiger partial charge in [0, 0.05) is 16.3 Å². The molecule has 2 aromatic rings. The molecular formula is C16H19N3OS. The fourth-order valence-corrected chi connectivity index (χ4v) is 3.26. The SMILES string of the molecule is CC.Cc1cc(C2Nc3ccc(N=O)cc3S2)ccc1N. The summed E-state index contributed by atoms with van der Waals surface area (Å²) in [6.07, 6.45) is 0. The Morgan fingerprint density at radius 1 is 1.19 bits per heavy atom. The highest BCUT2D eigenvalue weighted by atomic mass is 32.2. The van der Waals surface area contributed by atoms with Gasteiger partial charge in [-0.15, -0.1) is 4.91 Å². The number of thioether (sulfide) groups is 1. The molecule has 0 saturated heterocycles. The third-order valence-corrected chi connectivity index (χ3v) is 4.42. The van der Waals surface area contributed by atoms with E-state index in [1.165, 1.54) is 5.56 Å². The smallest absolute Gasteiger partial charge is 0.109 e. The monoisotopic (exact) mass is 301 g/mol. The van der Waals surface area contributed by atoms with Crippen LogP contribution in [0.15, 0.2) is 46.5 Å². The summed E-state index contributed by atoms with van der Waals surface area (Å²) in [6, 6.07) is 11.5. The molecule has 1 aliphatic rings. The Morgan fingerprint density at radius 3 is 2.62 bits per heavy atom. The lowest BCUT2D eigenvalue weighted by molar-refractivity contribution is 1.13. The summed E-state index contributed by atoms with van der Waals surface area (Å²) in [5, 5.41) is 6.54. The van der Waals surface area contributed by atoms with E-state index in [4.69, 9.17) is 5.73 Å². The molecule has 3 N–H and O–H groups in total. The van der Waals surface area contributed by atoms with Crippen LogP contribution < -0.4 is 11.1 Å². The highest BCUT2D eigenvalue weighted by Crippen LogP contribution is 2.47. The number of nitrogen functional groups attached to an aromatic ring is 1. The van der Waals surface area contributed by atoms with Gasteiger partial charge in [0.15, 0.2) is 0 Å². The van der Waals surface area contributed by atoms with E-state index in [0.717, 1.165) is 21.8 Å². The number of nitrogens with one attached hydrogen (secondary N) is 1. The van der Waals surface area contributed by atoms with E-state index in [0.29, 0.717) is 5.69 Å². The summed E-state index contributed by atoms with van der Waals surface area (Å²) in [7, 11) is 0. The minimum absolute atomic E-state index is 0.149. The van der Waals surface area contributed by atoms with E-state index in [2.05, 4.69) is 16.6 Å². The summed E-state index contributed by atoms with van der Waals surface area (Å²) < 4.78 is 0. The van der Waals surface area contributed by atoms with Crippen molar-refractivity contribution in [3.8, 4) is 0 Å². The Bertz CT molecular complexity index is 658. The van der Waals surface area contributed by atoms with Gasteiger partial charge in [0.2, 0.25) is 0 Å². The van der Waals surface area contributed by atoms with Gasteiger partial charge in [-0.3, -0.25) is 0 Å². The largest absolute Gasteiger partial charge is 0.399 e. The molecule has 1 aliphatic heterocycles. The molecule has 1 heterocycles. The second-order valence-corrected chi connectivity index (χ2v) is 5.68. The normalized spacial score (nSPS) is 15.5. The Morgan fingerprint density at radius 2 is 1.95 bits per heavy atom. The minimum atomic E-state index is 0.149. The van der Waals surface area contributed by atoms with Crippen LogP contribution in [0.3, 0.4) is 0 Å². The molecule has 0 aliphatic carbocycles. The molecule has 0 bridgehead atoms. The lowest BCUT2D eigenvalue weighted by atomic mass is 10.1. The van der Waals surface area contributed by atoms with Crippen LogP contribution in [-0.2, 0) is 0 Å². The fraction of sp³-hybridized carbons (Fsp3) is 0.250. The maximum atomic E-state index is 10.5. The summed E-state index contributed by atoms with van der Waals surface area (Å²) in [4.78, 5) is 11.6. The number of fused-ring (bicyclic) bond motifs is 1. The summed E-state index contributed by atoms with van der Waals surface area (Å²) >= 11 is 1.68. The van der Waals surface area contributed by atoms with E-state index < -0.39 is 0 Å². The van der Waals surface area contributed by atoms with Gasteiger partial charge in [0.1, 0.15) is 11.1 Å². The average molecular weight is 301 g/mol. The summed E-state index contributed by atoms with van der Waals surface area (Å²) in [6.45, 7) is 6.00. The zero-order valence-corrected chi connectivity index (χ0v) is 13.2. The molecule has 21 heavy (non-hydrogen) atoms. The third-order valence-electron chi connectivity index (χ3n) is 3.20. The van der Waals surface area contributed by atoms with Crippen molar-refractivity contribution in [3.63, 3.8) is 0 Å². The Hall–Kier alpha value is -2.01. The van der Waals surface area contributed by atoms with Gasteiger partial charge in [-0.25, -0.2) is 0 Å². The van der Waals surface area contributed by atoms with Crippen LogP contribution in [-0.4, -0.2) is 0 Å². The zero-order valence-electron chi connectivity index (χ0n) is 12.4. The quantitative estimate of drug-likeness (QED) is 0.589. The van der Waals surface area contributed by atoms with Crippen LogP contribution in [0.4, 0.5) is 17.1 Å². The molecule has 0 fully saturated rings. The van der Waals surface area contributed by atoms with Crippen molar-refractivity contribution in [1.29, 1.82) is 0 Å². The number of nitrogens with zero attached hydrogens (tertiary/aromatic N) is 1. The Balaban J connectivity index is 0.000000774. The average Bonchev–Trinajstić information content (AvgIpc) is 2.94. The number of rotatable bonds is 2. The van der Waals surface area contributed by atoms with Gasteiger partial charge in [0.05, 0.1) is 0 Å². The number of aryl methyl sites for hydroxylation is 1. The molecule has 0 aromatic heterocycles. The van der Waals surface area contributed by atoms with Crippen molar-refractivity contribution in [1.82, 2.24) is 0 Å². The standard InChI is InChI=1S/C14H13N3OS.C2H6/c1-8-6-9(2-4-11(8)15)14-16-12-5-3-10(17-18)7-13(12)19-14;1-2/h2-7,14,16H,15H2,1H3;1-2H3. The number of anilines is 2. The number of hydrogen-bond acceptors (Lipinski definition) is 5. The Labute approximate surface area is 129 Å². The topological polar surface area (TPSA) is 67.5 Å². The summed E-state index contributed by atoms with van der Waals surface area (Å²) in [5.41, 5.74) is 10.4. The molecule has 1 unspecified atom stereocenters. The van der Waals surface area contributed by atoms with Crippen LogP contribution in [0.25, 0.3) is 0 Å². The molecule has 3 rings (SSSR count). The van der Waals surface area contributed by atoms with Gasteiger partial charge in [-0.1, -0.05) is 37.7 Å². The number of nitrogens with two attached hydrogens (primary N) is 1. The second-order valence-electron chi connectivity index (χ2n) is 4.53. The molecule has 5 heteroatoms. The Kier molecular flexibility index (Phi) is 4.85. The molecule has 110 valence electrons. The lowest BCUT2D eigenvalue weighted by Gasteiger charge is -2.12. The van der Waals surface area contributed by atoms with Crippen molar-refractivity contribution >= 4 is 28.8 Å². The molecule has 4 nitrogen and oxygen atoms in total. The first-order valence-electron chi connectivity index (χ1n) is 6.94. The molecule has 0 radical (unpaired) electrons. The van der Waals surface area contributed by atoms with Gasteiger partial charge < -0.3 is 11.1 Å². The van der Waals surface area contributed by atoms with E-state index in [-0.39, 0.29) is 5.37 Å². The van der Waals surface area contributed by atoms with Crippen LogP contribution in [0.2, 0.25) is 0 Å². The van der Waals surface area contributed by atoms with Gasteiger partial charge in [0.25, 0.3) is 0 Å². The second kappa shape index (κ2) is 6.63. The fourth-order valence-electron chi connectivity index (χ4n) is 2.10.